The normalized spacial score (nSPS) is 10.4. The van der Waals surface area contributed by atoms with Gasteiger partial charge in [0.05, 0.1) is 6.33 Å². The number of benzene rings is 1. The molecular weight excluding hydrogens is 247 g/mol. The van der Waals surface area contributed by atoms with Crippen molar-refractivity contribution < 1.29 is 4.39 Å². The van der Waals surface area contributed by atoms with Crippen molar-refractivity contribution >= 4 is 15.9 Å². The highest BCUT2D eigenvalue weighted by atomic mass is 79.9. The lowest BCUT2D eigenvalue weighted by Gasteiger charge is -2.05. The van der Waals surface area contributed by atoms with Gasteiger partial charge in [-0.1, -0.05) is 15.9 Å². The number of hydrogen-bond donors (Lipinski definition) is 0. The molecule has 72 valence electrons. The maximum absolute atomic E-state index is 12.9. The number of imidazole rings is 1. The minimum atomic E-state index is -0.219. The minimum Gasteiger partial charge on any atom is -0.333 e. The molecule has 0 aliphatic rings. The molecule has 0 aliphatic carbocycles. The Morgan fingerprint density at radius 1 is 1.43 bits per heavy atom. The fourth-order valence-electron chi connectivity index (χ4n) is 1.24. The molecule has 1 heterocycles. The molecule has 1 aromatic heterocycles. The standard InChI is InChI=1S/C10H8BrFN2/c11-10-2-1-9(12)5-8(10)6-14-4-3-13-7-14/h1-5,7H,6H2. The van der Waals surface area contributed by atoms with E-state index in [9.17, 15) is 4.39 Å². The lowest BCUT2D eigenvalue weighted by atomic mass is 10.2. The van der Waals surface area contributed by atoms with Gasteiger partial charge in [-0.05, 0) is 23.8 Å². The largest absolute Gasteiger partial charge is 0.333 e. The molecule has 0 bridgehead atoms. The van der Waals surface area contributed by atoms with Crippen LogP contribution in [0.2, 0.25) is 0 Å². The Morgan fingerprint density at radius 3 is 3.00 bits per heavy atom. The molecule has 0 saturated heterocycles. The predicted octanol–water partition coefficient (Wildman–Crippen LogP) is 2.83. The second kappa shape index (κ2) is 3.92. The molecule has 0 radical (unpaired) electrons. The maximum atomic E-state index is 12.9. The molecule has 0 spiro atoms. The molecule has 4 heteroatoms. The van der Waals surface area contributed by atoms with Crippen LogP contribution in [-0.2, 0) is 6.54 Å². The van der Waals surface area contributed by atoms with E-state index >= 15 is 0 Å². The summed E-state index contributed by atoms with van der Waals surface area (Å²) in [6, 6.07) is 4.66. The zero-order valence-corrected chi connectivity index (χ0v) is 8.91. The van der Waals surface area contributed by atoms with Crippen molar-refractivity contribution in [3.8, 4) is 0 Å². The average Bonchev–Trinajstić information content (AvgIpc) is 2.64. The number of aromatic nitrogens is 2. The molecule has 0 fully saturated rings. The van der Waals surface area contributed by atoms with Gasteiger partial charge in [0.15, 0.2) is 0 Å². The third-order valence-corrected chi connectivity index (χ3v) is 2.69. The quantitative estimate of drug-likeness (QED) is 0.806. The van der Waals surface area contributed by atoms with Gasteiger partial charge in [0.1, 0.15) is 5.82 Å². The first-order valence-electron chi connectivity index (χ1n) is 4.15. The molecule has 0 amide bonds. The van der Waals surface area contributed by atoms with E-state index in [0.717, 1.165) is 10.0 Å². The van der Waals surface area contributed by atoms with Crippen LogP contribution in [0.1, 0.15) is 5.56 Å². The van der Waals surface area contributed by atoms with Crippen molar-refractivity contribution in [3.05, 3.63) is 52.8 Å². The van der Waals surface area contributed by atoms with Crippen molar-refractivity contribution in [1.82, 2.24) is 9.55 Å². The molecule has 0 saturated carbocycles. The van der Waals surface area contributed by atoms with Crippen LogP contribution in [0.5, 0.6) is 0 Å². The van der Waals surface area contributed by atoms with Crippen LogP contribution in [0, 0.1) is 5.82 Å². The Kier molecular flexibility index (Phi) is 2.63. The van der Waals surface area contributed by atoms with Gasteiger partial charge in [-0.25, -0.2) is 9.37 Å². The van der Waals surface area contributed by atoms with Gasteiger partial charge in [-0.3, -0.25) is 0 Å². The Morgan fingerprint density at radius 2 is 2.29 bits per heavy atom. The first-order chi connectivity index (χ1) is 6.75. The highest BCUT2D eigenvalue weighted by Gasteiger charge is 2.01. The topological polar surface area (TPSA) is 17.8 Å². The number of hydrogen-bond acceptors (Lipinski definition) is 1. The summed E-state index contributed by atoms with van der Waals surface area (Å²) in [4.78, 5) is 3.92. The Bertz CT molecular complexity index is 426. The summed E-state index contributed by atoms with van der Waals surface area (Å²) >= 11 is 3.38. The smallest absolute Gasteiger partial charge is 0.123 e. The number of halogens is 2. The molecule has 0 aliphatic heterocycles. The molecule has 1 aromatic carbocycles. The van der Waals surface area contributed by atoms with E-state index in [4.69, 9.17) is 0 Å². The van der Waals surface area contributed by atoms with Gasteiger partial charge in [0.25, 0.3) is 0 Å². The molecule has 2 nitrogen and oxygen atoms in total. The SMILES string of the molecule is Fc1ccc(Br)c(Cn2ccnc2)c1. The zero-order valence-electron chi connectivity index (χ0n) is 7.32. The lowest BCUT2D eigenvalue weighted by molar-refractivity contribution is 0.623. The maximum Gasteiger partial charge on any atom is 0.123 e. The van der Waals surface area contributed by atoms with Crippen molar-refractivity contribution in [2.45, 2.75) is 6.54 Å². The van der Waals surface area contributed by atoms with Crippen LogP contribution in [0.15, 0.2) is 41.4 Å². The molecular formula is C10H8BrFN2. The van der Waals surface area contributed by atoms with Gasteiger partial charge in [0.2, 0.25) is 0 Å². The van der Waals surface area contributed by atoms with Crippen molar-refractivity contribution in [2.24, 2.45) is 0 Å². The highest BCUT2D eigenvalue weighted by Crippen LogP contribution is 2.18. The van der Waals surface area contributed by atoms with Crippen LogP contribution < -0.4 is 0 Å². The Balaban J connectivity index is 2.28. The minimum absolute atomic E-state index is 0.219. The first-order valence-corrected chi connectivity index (χ1v) is 4.94. The first kappa shape index (κ1) is 9.40. The van der Waals surface area contributed by atoms with Crippen molar-refractivity contribution in [2.75, 3.05) is 0 Å². The van der Waals surface area contributed by atoms with Crippen molar-refractivity contribution in [1.29, 1.82) is 0 Å². The third kappa shape index (κ3) is 2.01. The fourth-order valence-corrected chi connectivity index (χ4v) is 1.61. The lowest BCUT2D eigenvalue weighted by Crippen LogP contribution is -1.97. The number of rotatable bonds is 2. The molecule has 14 heavy (non-hydrogen) atoms. The molecule has 2 rings (SSSR count). The third-order valence-electron chi connectivity index (χ3n) is 1.92. The van der Waals surface area contributed by atoms with E-state index in [1.54, 1.807) is 18.6 Å². The summed E-state index contributed by atoms with van der Waals surface area (Å²) in [5, 5.41) is 0. The monoisotopic (exact) mass is 254 g/mol. The van der Waals surface area contributed by atoms with E-state index in [1.807, 2.05) is 10.8 Å². The van der Waals surface area contributed by atoms with E-state index in [-0.39, 0.29) is 5.82 Å². The van der Waals surface area contributed by atoms with Gasteiger partial charge in [-0.15, -0.1) is 0 Å². The molecule has 0 unspecified atom stereocenters. The summed E-state index contributed by atoms with van der Waals surface area (Å²) in [5.74, 6) is -0.219. The Labute approximate surface area is 89.5 Å². The van der Waals surface area contributed by atoms with Crippen LogP contribution in [0.4, 0.5) is 4.39 Å². The van der Waals surface area contributed by atoms with Crippen LogP contribution >= 0.6 is 15.9 Å². The number of nitrogens with zero attached hydrogens (tertiary/aromatic N) is 2. The van der Waals surface area contributed by atoms with Crippen LogP contribution in [0.3, 0.4) is 0 Å². The summed E-state index contributed by atoms with van der Waals surface area (Å²) in [6.07, 6.45) is 5.25. The van der Waals surface area contributed by atoms with Crippen LogP contribution in [0.25, 0.3) is 0 Å². The van der Waals surface area contributed by atoms with E-state index in [0.29, 0.717) is 6.54 Å². The van der Waals surface area contributed by atoms with Gasteiger partial charge < -0.3 is 4.57 Å². The molecule has 0 N–H and O–H groups in total. The Hall–Kier alpha value is -1.16. The molecule has 0 atom stereocenters. The second-order valence-electron chi connectivity index (χ2n) is 2.97. The summed E-state index contributed by atoms with van der Waals surface area (Å²) in [7, 11) is 0. The molecule has 2 aromatic rings. The fraction of sp³-hybridized carbons (Fsp3) is 0.100. The van der Waals surface area contributed by atoms with E-state index < -0.39 is 0 Å². The average molecular weight is 255 g/mol. The van der Waals surface area contributed by atoms with Crippen LogP contribution in [-0.4, -0.2) is 9.55 Å². The predicted molar refractivity (Wildman–Crippen MR) is 55.4 cm³/mol. The highest BCUT2D eigenvalue weighted by molar-refractivity contribution is 9.10. The summed E-state index contributed by atoms with van der Waals surface area (Å²) in [6.45, 7) is 0.623. The second-order valence-corrected chi connectivity index (χ2v) is 3.83. The summed E-state index contributed by atoms with van der Waals surface area (Å²) < 4.78 is 15.7. The van der Waals surface area contributed by atoms with Gasteiger partial charge in [-0.2, -0.15) is 0 Å². The summed E-state index contributed by atoms with van der Waals surface area (Å²) in [5.41, 5.74) is 0.906. The van der Waals surface area contributed by atoms with E-state index in [1.165, 1.54) is 12.1 Å². The zero-order chi connectivity index (χ0) is 9.97. The van der Waals surface area contributed by atoms with Gasteiger partial charge >= 0.3 is 0 Å². The van der Waals surface area contributed by atoms with E-state index in [2.05, 4.69) is 20.9 Å². The van der Waals surface area contributed by atoms with Crippen molar-refractivity contribution in [3.63, 3.8) is 0 Å². The van der Waals surface area contributed by atoms with Gasteiger partial charge in [0, 0.05) is 23.4 Å².